The van der Waals surface area contributed by atoms with Gasteiger partial charge in [-0.25, -0.2) is 0 Å². The normalized spacial score (nSPS) is 13.2. The van der Waals surface area contributed by atoms with Crippen LogP contribution < -0.4 is 10.1 Å². The Hall–Kier alpha value is -3.30. The van der Waals surface area contributed by atoms with Gasteiger partial charge < -0.3 is 19.7 Å². The van der Waals surface area contributed by atoms with Crippen molar-refractivity contribution in [3.63, 3.8) is 0 Å². The Morgan fingerprint density at radius 3 is 2.55 bits per heavy atom. The van der Waals surface area contributed by atoms with Crippen LogP contribution in [0.5, 0.6) is 5.75 Å². The van der Waals surface area contributed by atoms with E-state index in [4.69, 9.17) is 9.26 Å². The molecule has 1 aromatic heterocycles. The molecule has 31 heavy (non-hydrogen) atoms. The van der Waals surface area contributed by atoms with Gasteiger partial charge in [0.05, 0.1) is 11.0 Å². The monoisotopic (exact) mass is 426 g/mol. The number of non-ortho nitro benzene ring substituents is 1. The quantitative estimate of drug-likeness (QED) is 0.372. The molecule has 0 aliphatic rings. The topological polar surface area (TPSA) is 124 Å². The fourth-order valence-corrected chi connectivity index (χ4v) is 3.05. The number of nitrogens with one attached hydrogen (secondary N) is 1. The largest absolute Gasteiger partial charge is 0.491 e. The van der Waals surface area contributed by atoms with Crippen molar-refractivity contribution in [2.75, 3.05) is 13.2 Å². The van der Waals surface area contributed by atoms with Gasteiger partial charge in [0.2, 0.25) is 11.7 Å². The Kier molecular flexibility index (Phi) is 7.32. The number of benzene rings is 2. The molecule has 0 aliphatic heterocycles. The first kappa shape index (κ1) is 22.4. The van der Waals surface area contributed by atoms with Crippen LogP contribution in [-0.4, -0.2) is 39.4 Å². The predicted octanol–water partition coefficient (Wildman–Crippen LogP) is 3.68. The highest BCUT2D eigenvalue weighted by molar-refractivity contribution is 5.56. The molecular weight excluding hydrogens is 400 g/mol. The highest BCUT2D eigenvalue weighted by Gasteiger charge is 2.24. The van der Waals surface area contributed by atoms with Gasteiger partial charge in [-0.3, -0.25) is 10.1 Å². The molecule has 3 rings (SSSR count). The van der Waals surface area contributed by atoms with E-state index in [1.165, 1.54) is 12.1 Å². The third-order valence-electron chi connectivity index (χ3n) is 4.81. The predicted molar refractivity (Wildman–Crippen MR) is 115 cm³/mol. The van der Waals surface area contributed by atoms with Crippen LogP contribution in [0.1, 0.15) is 31.3 Å². The number of aliphatic hydroxyl groups is 1. The molecule has 0 fully saturated rings. The molecule has 9 nitrogen and oxygen atoms in total. The molecule has 9 heteroatoms. The second kappa shape index (κ2) is 10.1. The molecule has 2 N–H and O–H groups in total. The molecule has 0 radical (unpaired) electrons. The summed E-state index contributed by atoms with van der Waals surface area (Å²) in [7, 11) is 0. The highest BCUT2D eigenvalue weighted by atomic mass is 16.6. The standard InChI is InChI=1S/C22H26N4O5/c1-14(2)20(23-12-18(27)13-30-19-7-5-4-6-15(19)3)22-24-21(25-31-22)16-8-10-17(11-9-16)26(28)29/h4-11,14,18,20,23,27H,12-13H2,1-3H3/t18-,20+/m0/s1. The Bertz CT molecular complexity index is 1000. The van der Waals surface area contributed by atoms with Crippen molar-refractivity contribution in [2.45, 2.75) is 32.9 Å². The van der Waals surface area contributed by atoms with Crippen LogP contribution >= 0.6 is 0 Å². The Balaban J connectivity index is 1.60. The molecule has 1 heterocycles. The van der Waals surface area contributed by atoms with Gasteiger partial charge in [0.15, 0.2) is 0 Å². The smallest absolute Gasteiger partial charge is 0.269 e. The summed E-state index contributed by atoms with van der Waals surface area (Å²) in [6.07, 6.45) is -0.724. The van der Waals surface area contributed by atoms with Crippen molar-refractivity contribution < 1.29 is 19.3 Å². The van der Waals surface area contributed by atoms with E-state index >= 15 is 0 Å². The molecule has 164 valence electrons. The minimum absolute atomic E-state index is 0.00362. The SMILES string of the molecule is Cc1ccccc1OC[C@@H](O)CN[C@@H](c1nc(-c2ccc([N+](=O)[O-])cc2)no1)C(C)C. The summed E-state index contributed by atoms with van der Waals surface area (Å²) in [6, 6.07) is 13.3. The zero-order chi connectivity index (χ0) is 22.4. The van der Waals surface area contributed by atoms with Crippen molar-refractivity contribution in [3.8, 4) is 17.1 Å². The first-order valence-electron chi connectivity index (χ1n) is 10.0. The highest BCUT2D eigenvalue weighted by Crippen LogP contribution is 2.25. The number of ether oxygens (including phenoxy) is 1. The van der Waals surface area contributed by atoms with Gasteiger partial charge in [0, 0.05) is 24.2 Å². The van der Waals surface area contributed by atoms with Crippen LogP contribution in [0.25, 0.3) is 11.4 Å². The average Bonchev–Trinajstić information content (AvgIpc) is 3.23. The summed E-state index contributed by atoms with van der Waals surface area (Å²) >= 11 is 0. The van der Waals surface area contributed by atoms with Gasteiger partial charge >= 0.3 is 0 Å². The van der Waals surface area contributed by atoms with Gasteiger partial charge in [-0.2, -0.15) is 4.98 Å². The van der Waals surface area contributed by atoms with E-state index < -0.39 is 11.0 Å². The molecule has 2 aromatic carbocycles. The number of rotatable bonds is 10. The van der Waals surface area contributed by atoms with Crippen LogP contribution in [0.15, 0.2) is 53.1 Å². The fraction of sp³-hybridized carbons (Fsp3) is 0.364. The zero-order valence-electron chi connectivity index (χ0n) is 17.7. The fourth-order valence-electron chi connectivity index (χ4n) is 3.05. The van der Waals surface area contributed by atoms with Crippen LogP contribution in [-0.2, 0) is 0 Å². The second-order valence-electron chi connectivity index (χ2n) is 7.62. The molecular formula is C22H26N4O5. The van der Waals surface area contributed by atoms with E-state index in [1.807, 2.05) is 45.0 Å². The molecule has 0 aliphatic carbocycles. The molecule has 3 aromatic rings. The minimum atomic E-state index is -0.724. The Morgan fingerprint density at radius 2 is 1.90 bits per heavy atom. The first-order chi connectivity index (χ1) is 14.8. The van der Waals surface area contributed by atoms with Crippen LogP contribution in [0.3, 0.4) is 0 Å². The van der Waals surface area contributed by atoms with Crippen molar-refractivity contribution in [1.82, 2.24) is 15.5 Å². The number of aromatic nitrogens is 2. The van der Waals surface area contributed by atoms with Crippen LogP contribution in [0.4, 0.5) is 5.69 Å². The minimum Gasteiger partial charge on any atom is -0.491 e. The van der Waals surface area contributed by atoms with Crippen molar-refractivity contribution >= 4 is 5.69 Å². The van der Waals surface area contributed by atoms with Crippen LogP contribution in [0, 0.1) is 23.0 Å². The van der Waals surface area contributed by atoms with E-state index in [0.29, 0.717) is 17.3 Å². The van der Waals surface area contributed by atoms with Gasteiger partial charge in [0.1, 0.15) is 18.5 Å². The maximum atomic E-state index is 10.8. The van der Waals surface area contributed by atoms with Crippen molar-refractivity contribution in [3.05, 3.63) is 70.1 Å². The van der Waals surface area contributed by atoms with E-state index in [0.717, 1.165) is 11.3 Å². The number of aliphatic hydroxyl groups excluding tert-OH is 1. The van der Waals surface area contributed by atoms with Crippen LogP contribution in [0.2, 0.25) is 0 Å². The lowest BCUT2D eigenvalue weighted by atomic mass is 10.0. The number of hydrogen-bond donors (Lipinski definition) is 2. The molecule has 0 bridgehead atoms. The van der Waals surface area contributed by atoms with E-state index in [1.54, 1.807) is 12.1 Å². The molecule has 2 atom stereocenters. The lowest BCUT2D eigenvalue weighted by Gasteiger charge is -2.21. The summed E-state index contributed by atoms with van der Waals surface area (Å²) in [6.45, 7) is 6.39. The molecule has 0 saturated heterocycles. The number of para-hydroxylation sites is 1. The Labute approximate surface area is 180 Å². The van der Waals surface area contributed by atoms with E-state index in [2.05, 4.69) is 15.5 Å². The third kappa shape index (κ3) is 5.87. The van der Waals surface area contributed by atoms with Gasteiger partial charge in [-0.1, -0.05) is 37.2 Å². The zero-order valence-corrected chi connectivity index (χ0v) is 17.7. The summed E-state index contributed by atoms with van der Waals surface area (Å²) in [5, 5.41) is 28.4. The summed E-state index contributed by atoms with van der Waals surface area (Å²) in [5.74, 6) is 1.59. The third-order valence-corrected chi connectivity index (χ3v) is 4.81. The lowest BCUT2D eigenvalue weighted by Crippen LogP contribution is -2.36. The van der Waals surface area contributed by atoms with Gasteiger partial charge in [0.25, 0.3) is 5.69 Å². The van der Waals surface area contributed by atoms with Gasteiger partial charge in [-0.05, 0) is 36.6 Å². The van der Waals surface area contributed by atoms with Crippen molar-refractivity contribution in [1.29, 1.82) is 0 Å². The molecule has 0 spiro atoms. The average molecular weight is 426 g/mol. The number of hydrogen-bond acceptors (Lipinski definition) is 8. The first-order valence-corrected chi connectivity index (χ1v) is 10.0. The van der Waals surface area contributed by atoms with Gasteiger partial charge in [-0.15, -0.1) is 0 Å². The summed E-state index contributed by atoms with van der Waals surface area (Å²) in [4.78, 5) is 14.8. The molecule has 0 unspecified atom stereocenters. The number of aryl methyl sites for hydroxylation is 1. The van der Waals surface area contributed by atoms with E-state index in [9.17, 15) is 15.2 Å². The number of nitro benzene ring substituents is 1. The number of nitro groups is 1. The summed E-state index contributed by atoms with van der Waals surface area (Å²) in [5.41, 5.74) is 1.62. The Morgan fingerprint density at radius 1 is 1.19 bits per heavy atom. The molecule has 0 saturated carbocycles. The summed E-state index contributed by atoms with van der Waals surface area (Å²) < 4.78 is 11.1. The number of nitrogens with zero attached hydrogens (tertiary/aromatic N) is 3. The van der Waals surface area contributed by atoms with E-state index in [-0.39, 0.29) is 30.8 Å². The van der Waals surface area contributed by atoms with Crippen molar-refractivity contribution in [2.24, 2.45) is 5.92 Å². The lowest BCUT2D eigenvalue weighted by molar-refractivity contribution is -0.384. The molecule has 0 amide bonds. The second-order valence-corrected chi connectivity index (χ2v) is 7.62. The maximum absolute atomic E-state index is 10.8. The maximum Gasteiger partial charge on any atom is 0.269 e.